The van der Waals surface area contributed by atoms with Gasteiger partial charge in [-0.2, -0.15) is 0 Å². The topological polar surface area (TPSA) is 17.1 Å². The zero-order valence-corrected chi connectivity index (χ0v) is 10.7. The average molecular weight is 236 g/mol. The minimum atomic E-state index is 0.0469. The summed E-state index contributed by atoms with van der Waals surface area (Å²) in [6.45, 7) is 4.01. The summed E-state index contributed by atoms with van der Waals surface area (Å²) in [7, 11) is 0. The van der Waals surface area contributed by atoms with Crippen LogP contribution in [0.25, 0.3) is 6.08 Å². The fraction of sp³-hybridized carbons (Fsp3) is 0.118. The van der Waals surface area contributed by atoms with Crippen LogP contribution in [0.3, 0.4) is 0 Å². The number of carbonyl (C=O) groups is 1. The van der Waals surface area contributed by atoms with E-state index < -0.39 is 0 Å². The van der Waals surface area contributed by atoms with E-state index in [0.717, 1.165) is 22.3 Å². The number of allylic oxidation sites excluding steroid dienone is 1. The minimum Gasteiger partial charge on any atom is -0.289 e. The smallest absolute Gasteiger partial charge is 0.185 e. The van der Waals surface area contributed by atoms with E-state index in [2.05, 4.69) is 6.07 Å². The molecule has 0 radical (unpaired) electrons. The molecule has 0 aliphatic rings. The Kier molecular flexibility index (Phi) is 3.73. The second-order valence-corrected chi connectivity index (χ2v) is 4.48. The highest BCUT2D eigenvalue weighted by molar-refractivity contribution is 6.07. The Morgan fingerprint density at radius 2 is 1.56 bits per heavy atom. The van der Waals surface area contributed by atoms with Crippen molar-refractivity contribution in [3.8, 4) is 0 Å². The highest BCUT2D eigenvalue weighted by Gasteiger charge is 2.02. The fourth-order valence-electron chi connectivity index (χ4n) is 1.95. The highest BCUT2D eigenvalue weighted by Crippen LogP contribution is 2.11. The largest absolute Gasteiger partial charge is 0.289 e. The highest BCUT2D eigenvalue weighted by atomic mass is 16.1. The van der Waals surface area contributed by atoms with Gasteiger partial charge in [-0.1, -0.05) is 53.6 Å². The summed E-state index contributed by atoms with van der Waals surface area (Å²) in [6.07, 6.45) is 3.48. The Labute approximate surface area is 108 Å². The normalized spacial score (nSPS) is 10.8. The lowest BCUT2D eigenvalue weighted by Gasteiger charge is -2.01. The van der Waals surface area contributed by atoms with E-state index in [1.165, 1.54) is 0 Å². The predicted molar refractivity (Wildman–Crippen MR) is 75.7 cm³/mol. The van der Waals surface area contributed by atoms with Gasteiger partial charge in [0.05, 0.1) is 0 Å². The molecule has 0 saturated carbocycles. The number of ketones is 1. The Bertz CT molecular complexity index is 560. The summed E-state index contributed by atoms with van der Waals surface area (Å²) in [4.78, 5) is 12.0. The molecule has 0 bridgehead atoms. The molecule has 0 amide bonds. The van der Waals surface area contributed by atoms with E-state index in [-0.39, 0.29) is 5.78 Å². The second-order valence-electron chi connectivity index (χ2n) is 4.48. The zero-order valence-electron chi connectivity index (χ0n) is 10.7. The summed E-state index contributed by atoms with van der Waals surface area (Å²) >= 11 is 0. The molecular weight excluding hydrogens is 220 g/mol. The van der Waals surface area contributed by atoms with E-state index in [4.69, 9.17) is 0 Å². The number of benzene rings is 2. The molecule has 1 heteroatoms. The van der Waals surface area contributed by atoms with Crippen molar-refractivity contribution >= 4 is 11.9 Å². The monoisotopic (exact) mass is 236 g/mol. The molecule has 0 heterocycles. The lowest BCUT2D eigenvalue weighted by molar-refractivity contribution is 0.104. The van der Waals surface area contributed by atoms with Crippen molar-refractivity contribution in [1.82, 2.24) is 0 Å². The van der Waals surface area contributed by atoms with Gasteiger partial charge in [0.15, 0.2) is 5.78 Å². The molecule has 0 saturated heterocycles. The van der Waals surface area contributed by atoms with Gasteiger partial charge in [0.25, 0.3) is 0 Å². The molecule has 0 aliphatic heterocycles. The molecule has 1 nitrogen and oxygen atoms in total. The van der Waals surface area contributed by atoms with Crippen LogP contribution in [0.2, 0.25) is 0 Å². The molecule has 0 atom stereocenters. The third kappa shape index (κ3) is 3.17. The van der Waals surface area contributed by atoms with Gasteiger partial charge in [-0.25, -0.2) is 0 Å². The van der Waals surface area contributed by atoms with Gasteiger partial charge >= 0.3 is 0 Å². The molecule has 0 aliphatic carbocycles. The van der Waals surface area contributed by atoms with Crippen LogP contribution in [-0.4, -0.2) is 5.78 Å². The number of hydrogen-bond donors (Lipinski definition) is 0. The first-order valence-corrected chi connectivity index (χ1v) is 6.01. The minimum absolute atomic E-state index is 0.0469. The van der Waals surface area contributed by atoms with Gasteiger partial charge in [-0.05, 0) is 37.6 Å². The van der Waals surface area contributed by atoms with Crippen molar-refractivity contribution in [3.63, 3.8) is 0 Å². The van der Waals surface area contributed by atoms with Gasteiger partial charge in [0, 0.05) is 5.56 Å². The van der Waals surface area contributed by atoms with Crippen molar-refractivity contribution in [2.24, 2.45) is 0 Å². The van der Waals surface area contributed by atoms with Gasteiger partial charge in [0.2, 0.25) is 0 Å². The predicted octanol–water partition coefficient (Wildman–Crippen LogP) is 4.20. The molecule has 2 rings (SSSR count). The maximum absolute atomic E-state index is 12.0. The molecule has 90 valence electrons. The van der Waals surface area contributed by atoms with Crippen LogP contribution in [-0.2, 0) is 0 Å². The van der Waals surface area contributed by atoms with Gasteiger partial charge in [-0.3, -0.25) is 4.79 Å². The van der Waals surface area contributed by atoms with Crippen molar-refractivity contribution in [2.75, 3.05) is 0 Å². The number of hydrogen-bond acceptors (Lipinski definition) is 1. The number of carbonyl (C=O) groups excluding carboxylic acids is 1. The van der Waals surface area contributed by atoms with Gasteiger partial charge in [-0.15, -0.1) is 0 Å². The molecule has 0 spiro atoms. The standard InChI is InChI=1S/C17H16O/c1-13-10-14(2)12-16(11-13)17(18)9-8-15-6-4-3-5-7-15/h3-12H,1-2H3. The first-order valence-electron chi connectivity index (χ1n) is 6.01. The van der Waals surface area contributed by atoms with E-state index in [9.17, 15) is 4.79 Å². The van der Waals surface area contributed by atoms with Crippen LogP contribution in [0.1, 0.15) is 27.0 Å². The van der Waals surface area contributed by atoms with E-state index in [1.807, 2.05) is 62.4 Å². The quantitative estimate of drug-likeness (QED) is 0.576. The van der Waals surface area contributed by atoms with Crippen LogP contribution in [0.4, 0.5) is 0 Å². The molecule has 0 N–H and O–H groups in total. The van der Waals surface area contributed by atoms with Gasteiger partial charge in [0.1, 0.15) is 0 Å². The zero-order chi connectivity index (χ0) is 13.0. The maximum Gasteiger partial charge on any atom is 0.185 e. The maximum atomic E-state index is 12.0. The molecule has 0 unspecified atom stereocenters. The second kappa shape index (κ2) is 5.46. The lowest BCUT2D eigenvalue weighted by Crippen LogP contribution is -1.95. The molecular formula is C17H16O. The van der Waals surface area contributed by atoms with Crippen molar-refractivity contribution in [1.29, 1.82) is 0 Å². The van der Waals surface area contributed by atoms with E-state index >= 15 is 0 Å². The average Bonchev–Trinajstić information content (AvgIpc) is 2.36. The summed E-state index contributed by atoms with van der Waals surface area (Å²) in [5, 5.41) is 0. The van der Waals surface area contributed by atoms with Crippen LogP contribution in [0.5, 0.6) is 0 Å². The van der Waals surface area contributed by atoms with Crippen molar-refractivity contribution < 1.29 is 4.79 Å². The van der Waals surface area contributed by atoms with Crippen molar-refractivity contribution in [3.05, 3.63) is 76.9 Å². The van der Waals surface area contributed by atoms with Crippen LogP contribution in [0.15, 0.2) is 54.6 Å². The lowest BCUT2D eigenvalue weighted by atomic mass is 10.0. The Morgan fingerprint density at radius 1 is 0.944 bits per heavy atom. The Balaban J connectivity index is 2.20. The Morgan fingerprint density at radius 3 is 2.17 bits per heavy atom. The molecule has 2 aromatic rings. The van der Waals surface area contributed by atoms with Crippen LogP contribution < -0.4 is 0 Å². The summed E-state index contributed by atoms with van der Waals surface area (Å²) in [5.41, 5.74) is 4.02. The molecule has 18 heavy (non-hydrogen) atoms. The van der Waals surface area contributed by atoms with E-state index in [1.54, 1.807) is 6.08 Å². The summed E-state index contributed by atoms with van der Waals surface area (Å²) in [6, 6.07) is 15.7. The Hall–Kier alpha value is -2.15. The third-order valence-electron chi connectivity index (χ3n) is 2.73. The number of aryl methyl sites for hydroxylation is 2. The first-order chi connectivity index (χ1) is 8.65. The summed E-state index contributed by atoms with van der Waals surface area (Å²) < 4.78 is 0. The molecule has 0 fully saturated rings. The fourth-order valence-corrected chi connectivity index (χ4v) is 1.95. The summed E-state index contributed by atoms with van der Waals surface area (Å²) in [5.74, 6) is 0.0469. The first kappa shape index (κ1) is 12.3. The van der Waals surface area contributed by atoms with Crippen LogP contribution in [0, 0.1) is 13.8 Å². The SMILES string of the molecule is Cc1cc(C)cc(C(=O)C=Cc2ccccc2)c1. The third-order valence-corrected chi connectivity index (χ3v) is 2.73. The van der Waals surface area contributed by atoms with Crippen LogP contribution >= 0.6 is 0 Å². The number of rotatable bonds is 3. The molecule has 0 aromatic heterocycles. The van der Waals surface area contributed by atoms with E-state index in [0.29, 0.717) is 0 Å². The van der Waals surface area contributed by atoms with Gasteiger partial charge < -0.3 is 0 Å². The van der Waals surface area contributed by atoms with Crippen molar-refractivity contribution in [2.45, 2.75) is 13.8 Å². The molecule has 2 aromatic carbocycles.